The first-order valence-electron chi connectivity index (χ1n) is 6.70. The monoisotopic (exact) mass is 308 g/mol. The minimum absolute atomic E-state index is 0. The second-order valence-corrected chi connectivity index (χ2v) is 5.80. The molecule has 0 spiro atoms. The topological polar surface area (TPSA) is 49.9 Å². The Bertz CT molecular complexity index is 612. The first-order chi connectivity index (χ1) is 9.15. The Hall–Kier alpha value is -1.32. The van der Waals surface area contributed by atoms with Gasteiger partial charge >= 0.3 is 0 Å². The maximum atomic E-state index is 7.54. The van der Waals surface area contributed by atoms with Crippen molar-refractivity contribution in [1.82, 2.24) is 0 Å². The molecule has 3 N–H and O–H groups in total. The largest absolute Gasteiger partial charge is 0.383 e. The molecule has 0 saturated heterocycles. The summed E-state index contributed by atoms with van der Waals surface area (Å²) in [6.45, 7) is 4.44. The fourth-order valence-electron chi connectivity index (χ4n) is 2.16. The number of rotatable bonds is 5. The van der Waals surface area contributed by atoms with Gasteiger partial charge < -0.3 is 5.73 Å². The lowest BCUT2D eigenvalue weighted by molar-refractivity contribution is 0.609. The summed E-state index contributed by atoms with van der Waals surface area (Å²) in [7, 11) is 0. The van der Waals surface area contributed by atoms with E-state index < -0.39 is 0 Å². The van der Waals surface area contributed by atoms with Crippen LogP contribution < -0.4 is 5.73 Å². The van der Waals surface area contributed by atoms with Gasteiger partial charge in [0, 0.05) is 10.1 Å². The number of nitrogens with two attached hydrogens (primary N) is 1. The number of amidine groups is 1. The average molecular weight is 309 g/mol. The molecule has 20 heavy (non-hydrogen) atoms. The number of benzene rings is 1. The van der Waals surface area contributed by atoms with Crippen LogP contribution in [0, 0.1) is 11.3 Å². The summed E-state index contributed by atoms with van der Waals surface area (Å²) >= 11 is 1.58. The Labute approximate surface area is 130 Å². The quantitative estimate of drug-likeness (QED) is 0.589. The first kappa shape index (κ1) is 16.7. The van der Waals surface area contributed by atoms with Gasteiger partial charge in [-0.2, -0.15) is 0 Å². The van der Waals surface area contributed by atoms with E-state index >= 15 is 0 Å². The Morgan fingerprint density at radius 3 is 2.65 bits per heavy atom. The molecule has 0 unspecified atom stereocenters. The fourth-order valence-corrected chi connectivity index (χ4v) is 3.12. The average Bonchev–Trinajstić information content (AvgIpc) is 2.84. The lowest BCUT2D eigenvalue weighted by Crippen LogP contribution is -2.08. The minimum atomic E-state index is 0. The van der Waals surface area contributed by atoms with Crippen LogP contribution in [0.25, 0.3) is 16.2 Å². The van der Waals surface area contributed by atoms with Crippen molar-refractivity contribution < 1.29 is 0 Å². The summed E-state index contributed by atoms with van der Waals surface area (Å²) in [5.41, 5.74) is 6.78. The molecule has 4 heteroatoms. The van der Waals surface area contributed by atoms with Crippen molar-refractivity contribution in [3.8, 4) is 0 Å². The van der Waals surface area contributed by atoms with Gasteiger partial charge in [0.1, 0.15) is 5.84 Å². The van der Waals surface area contributed by atoms with Crippen LogP contribution in [0.1, 0.15) is 37.1 Å². The molecule has 1 aromatic heterocycles. The van der Waals surface area contributed by atoms with E-state index in [1.54, 1.807) is 11.3 Å². The predicted octanol–water partition coefficient (Wildman–Crippen LogP) is 5.06. The summed E-state index contributed by atoms with van der Waals surface area (Å²) in [5, 5.41) is 8.73. The van der Waals surface area contributed by atoms with Crippen LogP contribution in [0.5, 0.6) is 0 Å². The molecule has 0 saturated carbocycles. The SMILES string of the molecule is CCC(/C=C/c1cccc2sc(C(=N)N)cc12)CC.Cl. The van der Waals surface area contributed by atoms with Gasteiger partial charge in [-0.1, -0.05) is 38.1 Å². The van der Waals surface area contributed by atoms with Crippen molar-refractivity contribution in [3.63, 3.8) is 0 Å². The molecule has 1 aromatic carbocycles. The zero-order chi connectivity index (χ0) is 13.8. The van der Waals surface area contributed by atoms with Crippen LogP contribution in [-0.4, -0.2) is 5.84 Å². The third-order valence-electron chi connectivity index (χ3n) is 3.46. The van der Waals surface area contributed by atoms with Gasteiger partial charge in [-0.25, -0.2) is 0 Å². The molecule has 0 bridgehead atoms. The molecule has 108 valence electrons. The molecule has 0 aliphatic rings. The van der Waals surface area contributed by atoms with Gasteiger partial charge in [0.25, 0.3) is 0 Å². The normalized spacial score (nSPS) is 11.2. The van der Waals surface area contributed by atoms with Crippen LogP contribution in [0.4, 0.5) is 0 Å². The third-order valence-corrected chi connectivity index (χ3v) is 4.59. The van der Waals surface area contributed by atoms with Gasteiger partial charge in [-0.3, -0.25) is 5.41 Å². The molecule has 0 amide bonds. The number of nitrogens with one attached hydrogen (secondary N) is 1. The molecule has 0 aliphatic carbocycles. The van der Waals surface area contributed by atoms with Crippen LogP contribution in [0.3, 0.4) is 0 Å². The summed E-state index contributed by atoms with van der Waals surface area (Å²) in [6, 6.07) is 8.29. The summed E-state index contributed by atoms with van der Waals surface area (Å²) in [6.07, 6.45) is 6.84. The van der Waals surface area contributed by atoms with Crippen molar-refractivity contribution in [2.45, 2.75) is 26.7 Å². The highest BCUT2D eigenvalue weighted by Gasteiger charge is 2.06. The van der Waals surface area contributed by atoms with Crippen molar-refractivity contribution in [3.05, 3.63) is 40.8 Å². The van der Waals surface area contributed by atoms with Crippen molar-refractivity contribution in [2.75, 3.05) is 0 Å². The second kappa shape index (κ2) is 7.46. The molecular weight excluding hydrogens is 288 g/mol. The van der Waals surface area contributed by atoms with Gasteiger partial charge in [-0.05, 0) is 36.5 Å². The Balaban J connectivity index is 0.00000200. The molecule has 1 heterocycles. The van der Waals surface area contributed by atoms with Gasteiger partial charge in [0.05, 0.1) is 4.88 Å². The highest BCUT2D eigenvalue weighted by Crippen LogP contribution is 2.29. The van der Waals surface area contributed by atoms with Crippen molar-refractivity contribution in [1.29, 1.82) is 5.41 Å². The van der Waals surface area contributed by atoms with Crippen molar-refractivity contribution in [2.24, 2.45) is 11.7 Å². The van der Waals surface area contributed by atoms with E-state index in [2.05, 4.69) is 44.2 Å². The van der Waals surface area contributed by atoms with Crippen molar-refractivity contribution >= 4 is 45.7 Å². The van der Waals surface area contributed by atoms with Crippen LogP contribution in [-0.2, 0) is 0 Å². The molecular formula is C16H21ClN2S. The molecule has 0 atom stereocenters. The van der Waals surface area contributed by atoms with E-state index in [1.165, 1.54) is 28.5 Å². The van der Waals surface area contributed by atoms with E-state index in [0.717, 1.165) is 4.88 Å². The van der Waals surface area contributed by atoms with Crippen LogP contribution >= 0.6 is 23.7 Å². The maximum Gasteiger partial charge on any atom is 0.133 e. The Morgan fingerprint density at radius 2 is 2.05 bits per heavy atom. The van der Waals surface area contributed by atoms with Gasteiger partial charge in [-0.15, -0.1) is 23.7 Å². The van der Waals surface area contributed by atoms with Gasteiger partial charge in [0.2, 0.25) is 0 Å². The zero-order valence-corrected chi connectivity index (χ0v) is 13.5. The van der Waals surface area contributed by atoms with E-state index in [4.69, 9.17) is 11.1 Å². The number of hydrogen-bond donors (Lipinski definition) is 2. The van der Waals surface area contributed by atoms with Crippen LogP contribution in [0.15, 0.2) is 30.3 Å². The molecule has 0 fully saturated rings. The number of allylic oxidation sites excluding steroid dienone is 1. The predicted molar refractivity (Wildman–Crippen MR) is 93.2 cm³/mol. The standard InChI is InChI=1S/C16H20N2S.ClH/c1-3-11(4-2)8-9-12-6-5-7-14-13(12)10-15(19-14)16(17)18;/h5-11H,3-4H2,1-2H3,(H3,17,18);1H/b9-8+;. The van der Waals surface area contributed by atoms with E-state index in [0.29, 0.717) is 5.92 Å². The van der Waals surface area contributed by atoms with E-state index in [-0.39, 0.29) is 18.2 Å². The smallest absolute Gasteiger partial charge is 0.133 e. The maximum absolute atomic E-state index is 7.54. The lowest BCUT2D eigenvalue weighted by atomic mass is 10.0. The molecule has 0 aliphatic heterocycles. The Kier molecular flexibility index (Phi) is 6.24. The second-order valence-electron chi connectivity index (χ2n) is 4.72. The highest BCUT2D eigenvalue weighted by atomic mass is 35.5. The van der Waals surface area contributed by atoms with Gasteiger partial charge in [0.15, 0.2) is 0 Å². The molecule has 0 radical (unpaired) electrons. The highest BCUT2D eigenvalue weighted by molar-refractivity contribution is 7.20. The van der Waals surface area contributed by atoms with E-state index in [1.807, 2.05) is 6.07 Å². The molecule has 2 rings (SSSR count). The Morgan fingerprint density at radius 1 is 1.35 bits per heavy atom. The summed E-state index contributed by atoms with van der Waals surface area (Å²) in [5.74, 6) is 0.789. The van der Waals surface area contributed by atoms with E-state index in [9.17, 15) is 0 Å². The molecule has 2 aromatic rings. The fraction of sp³-hybridized carbons (Fsp3) is 0.312. The first-order valence-corrected chi connectivity index (χ1v) is 7.52. The number of thiophene rings is 1. The number of hydrogen-bond acceptors (Lipinski definition) is 2. The zero-order valence-electron chi connectivity index (χ0n) is 11.8. The third kappa shape index (κ3) is 3.62. The minimum Gasteiger partial charge on any atom is -0.383 e. The summed E-state index contributed by atoms with van der Waals surface area (Å²) < 4.78 is 1.19. The summed E-state index contributed by atoms with van der Waals surface area (Å²) in [4.78, 5) is 0.846. The number of nitrogen functional groups attached to an aromatic ring is 1. The lowest BCUT2D eigenvalue weighted by Gasteiger charge is -2.05. The molecule has 2 nitrogen and oxygen atoms in total. The number of halogens is 1. The number of fused-ring (bicyclic) bond motifs is 1. The van der Waals surface area contributed by atoms with Crippen LogP contribution in [0.2, 0.25) is 0 Å².